The molecule has 27 heavy (non-hydrogen) atoms. The van der Waals surface area contributed by atoms with Gasteiger partial charge >= 0.3 is 0 Å². The normalized spacial score (nSPS) is 24.5. The largest absolute Gasteiger partial charge is 0.507 e. The van der Waals surface area contributed by atoms with Gasteiger partial charge in [0.05, 0.1) is 25.1 Å². The Hall–Kier alpha value is -1.63. The fourth-order valence-electron chi connectivity index (χ4n) is 4.12. The molecule has 0 spiro atoms. The van der Waals surface area contributed by atoms with E-state index >= 15 is 0 Å². The monoisotopic (exact) mass is 392 g/mol. The van der Waals surface area contributed by atoms with Gasteiger partial charge in [-0.3, -0.25) is 0 Å². The number of hydrogen-bond donors (Lipinski definition) is 2. The van der Waals surface area contributed by atoms with Crippen LogP contribution in [0.3, 0.4) is 0 Å². The van der Waals surface area contributed by atoms with Gasteiger partial charge in [0, 0.05) is 0 Å². The first-order valence-electron chi connectivity index (χ1n) is 9.42. The second-order valence-corrected chi connectivity index (χ2v) is 9.72. The lowest BCUT2D eigenvalue weighted by atomic mass is 9.95. The number of fused-ring (bicyclic) bond motifs is 1. The third-order valence-corrected chi connectivity index (χ3v) is 7.62. The van der Waals surface area contributed by atoms with Crippen molar-refractivity contribution in [1.29, 1.82) is 0 Å². The molecule has 3 rings (SSSR count). The Labute approximate surface area is 161 Å². The van der Waals surface area contributed by atoms with Crippen molar-refractivity contribution in [3.8, 4) is 5.75 Å². The number of aliphatic hydroxyl groups is 1. The molecule has 2 N–H and O–H groups in total. The predicted molar refractivity (Wildman–Crippen MR) is 107 cm³/mol. The van der Waals surface area contributed by atoms with Crippen molar-refractivity contribution in [2.45, 2.75) is 51.4 Å². The summed E-state index contributed by atoms with van der Waals surface area (Å²) in [7, 11) is -3.22. The van der Waals surface area contributed by atoms with Crippen LogP contribution in [0.5, 0.6) is 5.75 Å². The summed E-state index contributed by atoms with van der Waals surface area (Å²) in [6.07, 6.45) is 4.31. The molecule has 6 heteroatoms. The average Bonchev–Trinajstić information content (AvgIpc) is 3.16. The van der Waals surface area contributed by atoms with E-state index < -0.39 is 15.1 Å². The van der Waals surface area contributed by atoms with E-state index in [9.17, 15) is 18.6 Å². The van der Waals surface area contributed by atoms with Crippen molar-refractivity contribution in [3.05, 3.63) is 45.5 Å². The van der Waals surface area contributed by atoms with Crippen LogP contribution in [0.4, 0.5) is 0 Å². The molecule has 148 valence electrons. The highest BCUT2D eigenvalue weighted by Crippen LogP contribution is 2.38. The first kappa shape index (κ1) is 20.1. The number of allylic oxidation sites excluding steroid dienone is 1. The number of aromatic hydroxyl groups is 1. The molecular weight excluding hydrogens is 364 g/mol. The van der Waals surface area contributed by atoms with Crippen LogP contribution in [0.2, 0.25) is 0 Å². The van der Waals surface area contributed by atoms with Gasteiger partial charge < -0.3 is 14.9 Å². The molecule has 0 aliphatic carbocycles. The van der Waals surface area contributed by atoms with Crippen LogP contribution in [0, 0.1) is 13.8 Å². The van der Waals surface area contributed by atoms with Gasteiger partial charge in [0.1, 0.15) is 11.0 Å². The number of rotatable bonds is 6. The summed E-state index contributed by atoms with van der Waals surface area (Å²) in [6, 6.07) is 3.94. The van der Waals surface area contributed by atoms with Crippen LogP contribution in [0.1, 0.15) is 42.9 Å². The fourth-order valence-corrected chi connectivity index (χ4v) is 6.06. The number of ether oxygens (including phenoxy) is 1. The zero-order chi connectivity index (χ0) is 19.8. The van der Waals surface area contributed by atoms with E-state index in [1.807, 2.05) is 26.0 Å². The smallest absolute Gasteiger partial charge is 0.163 e. The second kappa shape index (κ2) is 7.78. The molecule has 1 saturated heterocycles. The van der Waals surface area contributed by atoms with E-state index in [-0.39, 0.29) is 25.1 Å². The quantitative estimate of drug-likeness (QED) is 0.727. The van der Waals surface area contributed by atoms with E-state index in [0.29, 0.717) is 17.7 Å². The van der Waals surface area contributed by atoms with E-state index in [2.05, 4.69) is 13.0 Å². The highest BCUT2D eigenvalue weighted by Gasteiger charge is 2.46. The van der Waals surface area contributed by atoms with Gasteiger partial charge in [0.25, 0.3) is 0 Å². The van der Waals surface area contributed by atoms with Gasteiger partial charge in [-0.2, -0.15) is 0 Å². The maximum atomic E-state index is 12.2. The molecule has 0 unspecified atom stereocenters. The van der Waals surface area contributed by atoms with E-state index in [1.165, 1.54) is 5.57 Å². The minimum Gasteiger partial charge on any atom is -0.507 e. The summed E-state index contributed by atoms with van der Waals surface area (Å²) in [4.78, 5) is 0. The highest BCUT2D eigenvalue weighted by molar-refractivity contribution is 7.92. The summed E-state index contributed by atoms with van der Waals surface area (Å²) in [5.74, 6) is 0.299. The molecule has 0 bridgehead atoms. The van der Waals surface area contributed by atoms with Gasteiger partial charge in [-0.1, -0.05) is 18.6 Å². The number of aryl methyl sites for hydroxylation is 2. The van der Waals surface area contributed by atoms with Crippen molar-refractivity contribution in [3.63, 3.8) is 0 Å². The lowest BCUT2D eigenvalue weighted by Gasteiger charge is -2.14. The molecule has 2 heterocycles. The first-order valence-corrected chi connectivity index (χ1v) is 11.1. The second-order valence-electron chi connectivity index (χ2n) is 7.53. The third-order valence-electron chi connectivity index (χ3n) is 5.62. The zero-order valence-electron chi connectivity index (χ0n) is 16.2. The van der Waals surface area contributed by atoms with E-state index in [0.717, 1.165) is 35.1 Å². The number of sulfone groups is 1. The van der Waals surface area contributed by atoms with Gasteiger partial charge in [-0.05, 0) is 73.1 Å². The third kappa shape index (κ3) is 3.98. The van der Waals surface area contributed by atoms with Gasteiger partial charge in [-0.25, -0.2) is 8.42 Å². The lowest BCUT2D eigenvalue weighted by Crippen LogP contribution is -2.19. The van der Waals surface area contributed by atoms with Gasteiger partial charge in [0.15, 0.2) is 9.84 Å². The van der Waals surface area contributed by atoms with Crippen LogP contribution in [-0.2, 0) is 14.6 Å². The number of aliphatic hydroxyl groups excluding tert-OH is 1. The first-order chi connectivity index (χ1) is 12.8. The molecule has 2 atom stereocenters. The number of phenolic OH excluding ortho intramolecular Hbond substituents is 1. The molecule has 2 aliphatic rings. The Kier molecular flexibility index (Phi) is 5.79. The van der Waals surface area contributed by atoms with E-state index in [4.69, 9.17) is 4.74 Å². The SMILES string of the molecule is CC/C(=C\c1cc(C)c(O)c(C)c1)CC[C@H]1OC[C@H]2C1=C(CO)CS2(=O)=O. The number of hydrogen-bond acceptors (Lipinski definition) is 5. The van der Waals surface area contributed by atoms with Crippen LogP contribution >= 0.6 is 0 Å². The molecule has 2 aliphatic heterocycles. The molecule has 0 radical (unpaired) electrons. The summed E-state index contributed by atoms with van der Waals surface area (Å²) in [6.45, 7) is 5.87. The van der Waals surface area contributed by atoms with Crippen LogP contribution < -0.4 is 0 Å². The number of benzene rings is 1. The molecule has 0 amide bonds. The molecule has 1 aromatic rings. The minimum atomic E-state index is -3.22. The summed E-state index contributed by atoms with van der Waals surface area (Å²) < 4.78 is 30.2. The van der Waals surface area contributed by atoms with Gasteiger partial charge in [-0.15, -0.1) is 0 Å². The molecule has 1 aromatic carbocycles. The van der Waals surface area contributed by atoms with Gasteiger partial charge in [0.2, 0.25) is 0 Å². The molecule has 5 nitrogen and oxygen atoms in total. The van der Waals surface area contributed by atoms with Crippen molar-refractivity contribution in [1.82, 2.24) is 0 Å². The zero-order valence-corrected chi connectivity index (χ0v) is 17.0. The van der Waals surface area contributed by atoms with Crippen molar-refractivity contribution in [2.75, 3.05) is 19.0 Å². The molecule has 0 saturated carbocycles. The van der Waals surface area contributed by atoms with Crippen LogP contribution in [0.25, 0.3) is 6.08 Å². The van der Waals surface area contributed by atoms with Crippen molar-refractivity contribution >= 4 is 15.9 Å². The topological polar surface area (TPSA) is 83.8 Å². The van der Waals surface area contributed by atoms with Crippen LogP contribution in [0.15, 0.2) is 28.9 Å². The minimum absolute atomic E-state index is 0.0358. The summed E-state index contributed by atoms with van der Waals surface area (Å²) in [5, 5.41) is 18.9. The molecule has 1 fully saturated rings. The molecule has 0 aromatic heterocycles. The maximum absolute atomic E-state index is 12.2. The Balaban J connectivity index is 1.75. The summed E-state index contributed by atoms with van der Waals surface area (Å²) >= 11 is 0. The fraction of sp³-hybridized carbons (Fsp3) is 0.524. The average molecular weight is 393 g/mol. The Bertz CT molecular complexity index is 872. The lowest BCUT2D eigenvalue weighted by molar-refractivity contribution is 0.117. The number of phenols is 1. The predicted octanol–water partition coefficient (Wildman–Crippen LogP) is 3.07. The Morgan fingerprint density at radius 2 is 1.96 bits per heavy atom. The van der Waals surface area contributed by atoms with Crippen LogP contribution in [-0.4, -0.2) is 49.0 Å². The van der Waals surface area contributed by atoms with Crippen molar-refractivity contribution < 1.29 is 23.4 Å². The Morgan fingerprint density at radius 3 is 2.56 bits per heavy atom. The van der Waals surface area contributed by atoms with E-state index in [1.54, 1.807) is 0 Å². The molecular formula is C21H28O5S. The standard InChI is InChI=1S/C21H28O5S/c1-4-15(9-16-7-13(2)21(23)14(3)8-16)5-6-18-20-17(10-22)12-27(24,25)19(20)11-26-18/h7-9,18-19,22-23H,4-6,10-12H2,1-3H3/b15-9+/t18-,19+/m1/s1. The maximum Gasteiger partial charge on any atom is 0.163 e. The van der Waals surface area contributed by atoms with Crippen molar-refractivity contribution in [2.24, 2.45) is 0 Å². The highest BCUT2D eigenvalue weighted by atomic mass is 32.2. The summed E-state index contributed by atoms with van der Waals surface area (Å²) in [5.41, 5.74) is 5.43. The Morgan fingerprint density at radius 1 is 1.30 bits per heavy atom.